The van der Waals surface area contributed by atoms with Gasteiger partial charge in [0, 0.05) is 32.0 Å². The molecule has 0 aromatic heterocycles. The standard InChI is InChI=1S/C16H23NO4S/c1-11-7-8-17(10-15(11)21-3)14-9-13(12(2)18)5-6-16(14)22(4,19)20/h5-6,9,11,15H,7-8,10H2,1-4H3. The number of ether oxygens (including phenoxy) is 1. The minimum atomic E-state index is -3.36. The molecular weight excluding hydrogens is 302 g/mol. The minimum Gasteiger partial charge on any atom is -0.379 e. The van der Waals surface area contributed by atoms with Crippen LogP contribution in [-0.2, 0) is 14.6 Å². The summed E-state index contributed by atoms with van der Waals surface area (Å²) in [6, 6.07) is 4.78. The van der Waals surface area contributed by atoms with Gasteiger partial charge in [0.05, 0.1) is 16.7 Å². The summed E-state index contributed by atoms with van der Waals surface area (Å²) in [6.07, 6.45) is 2.17. The number of sulfone groups is 1. The minimum absolute atomic E-state index is 0.0575. The van der Waals surface area contributed by atoms with Crippen LogP contribution in [0.1, 0.15) is 30.6 Å². The number of hydrogen-bond donors (Lipinski definition) is 0. The second-order valence-electron chi connectivity index (χ2n) is 6.00. The second kappa shape index (κ2) is 6.38. The number of piperidine rings is 1. The number of benzene rings is 1. The fourth-order valence-electron chi connectivity index (χ4n) is 2.86. The quantitative estimate of drug-likeness (QED) is 0.794. The van der Waals surface area contributed by atoms with E-state index in [4.69, 9.17) is 4.74 Å². The van der Waals surface area contributed by atoms with Crippen LogP contribution in [-0.4, -0.2) is 46.8 Å². The summed E-state index contributed by atoms with van der Waals surface area (Å²) < 4.78 is 29.6. The molecule has 5 nitrogen and oxygen atoms in total. The monoisotopic (exact) mass is 325 g/mol. The molecule has 0 saturated carbocycles. The Morgan fingerprint density at radius 2 is 2.05 bits per heavy atom. The third-order valence-corrected chi connectivity index (χ3v) is 5.44. The van der Waals surface area contributed by atoms with Crippen LogP contribution >= 0.6 is 0 Å². The van der Waals surface area contributed by atoms with E-state index in [9.17, 15) is 13.2 Å². The number of hydrogen-bond acceptors (Lipinski definition) is 5. The van der Waals surface area contributed by atoms with E-state index in [1.807, 2.05) is 4.90 Å². The third-order valence-electron chi connectivity index (χ3n) is 4.30. The maximum atomic E-state index is 12.1. The van der Waals surface area contributed by atoms with Crippen LogP contribution in [0.2, 0.25) is 0 Å². The number of Topliss-reactive ketones (excluding diaryl/α,β-unsaturated/α-hetero) is 1. The first kappa shape index (κ1) is 17.0. The molecule has 1 saturated heterocycles. The van der Waals surface area contributed by atoms with Crippen molar-refractivity contribution in [3.8, 4) is 0 Å². The summed E-state index contributed by atoms with van der Waals surface area (Å²) in [5.41, 5.74) is 1.12. The first-order chi connectivity index (χ1) is 10.2. The van der Waals surface area contributed by atoms with Gasteiger partial charge in [0.25, 0.3) is 0 Å². The first-order valence-corrected chi connectivity index (χ1v) is 9.26. The molecule has 0 N–H and O–H groups in total. The van der Waals surface area contributed by atoms with Crippen LogP contribution in [0.15, 0.2) is 23.1 Å². The van der Waals surface area contributed by atoms with Gasteiger partial charge in [0.15, 0.2) is 15.6 Å². The molecule has 0 radical (unpaired) electrons. The number of anilines is 1. The molecule has 1 aliphatic rings. The molecule has 1 aliphatic heterocycles. The normalized spacial score (nSPS) is 22.6. The lowest BCUT2D eigenvalue weighted by Crippen LogP contribution is -2.44. The number of rotatable bonds is 4. The van der Waals surface area contributed by atoms with E-state index in [0.717, 1.165) is 13.0 Å². The van der Waals surface area contributed by atoms with Gasteiger partial charge in [-0.1, -0.05) is 6.92 Å². The lowest BCUT2D eigenvalue weighted by molar-refractivity contribution is 0.0497. The molecule has 22 heavy (non-hydrogen) atoms. The number of nitrogens with zero attached hydrogens (tertiary/aromatic N) is 1. The van der Waals surface area contributed by atoms with Crippen molar-refractivity contribution in [2.24, 2.45) is 5.92 Å². The van der Waals surface area contributed by atoms with Gasteiger partial charge in [-0.25, -0.2) is 8.42 Å². The Hall–Kier alpha value is -1.40. The molecule has 6 heteroatoms. The van der Waals surface area contributed by atoms with Crippen molar-refractivity contribution in [1.29, 1.82) is 0 Å². The van der Waals surface area contributed by atoms with Crippen molar-refractivity contribution in [1.82, 2.24) is 0 Å². The smallest absolute Gasteiger partial charge is 0.177 e. The number of carbonyl (C=O) groups is 1. The van der Waals surface area contributed by atoms with Crippen LogP contribution in [0.3, 0.4) is 0 Å². The molecule has 122 valence electrons. The predicted molar refractivity (Wildman–Crippen MR) is 86.3 cm³/mol. The molecule has 0 aliphatic carbocycles. The van der Waals surface area contributed by atoms with Gasteiger partial charge in [0.2, 0.25) is 0 Å². The maximum absolute atomic E-state index is 12.1. The average Bonchev–Trinajstić information content (AvgIpc) is 2.46. The predicted octanol–water partition coefficient (Wildman–Crippen LogP) is 2.15. The molecule has 0 spiro atoms. The highest BCUT2D eigenvalue weighted by molar-refractivity contribution is 7.90. The van der Waals surface area contributed by atoms with E-state index in [0.29, 0.717) is 23.7 Å². The van der Waals surface area contributed by atoms with Crippen LogP contribution in [0.25, 0.3) is 0 Å². The Labute approximate surface area is 132 Å². The highest BCUT2D eigenvalue weighted by atomic mass is 32.2. The van der Waals surface area contributed by atoms with E-state index in [1.54, 1.807) is 19.2 Å². The van der Waals surface area contributed by atoms with E-state index in [2.05, 4.69) is 6.92 Å². The van der Waals surface area contributed by atoms with Crippen LogP contribution in [0, 0.1) is 5.92 Å². The molecule has 0 amide bonds. The lowest BCUT2D eigenvalue weighted by Gasteiger charge is -2.38. The highest BCUT2D eigenvalue weighted by Gasteiger charge is 2.29. The zero-order valence-corrected chi connectivity index (χ0v) is 14.3. The number of carbonyl (C=O) groups excluding carboxylic acids is 1. The molecule has 1 fully saturated rings. The van der Waals surface area contributed by atoms with Gasteiger partial charge < -0.3 is 9.64 Å². The van der Waals surface area contributed by atoms with Gasteiger partial charge in [-0.2, -0.15) is 0 Å². The Morgan fingerprint density at radius 3 is 2.59 bits per heavy atom. The molecule has 2 unspecified atom stereocenters. The molecular formula is C16H23NO4S. The Balaban J connectivity index is 2.47. The van der Waals surface area contributed by atoms with Gasteiger partial charge in [-0.3, -0.25) is 4.79 Å². The molecule has 2 atom stereocenters. The fraction of sp³-hybridized carbons (Fsp3) is 0.562. The summed E-state index contributed by atoms with van der Waals surface area (Å²) in [7, 11) is -1.68. The van der Waals surface area contributed by atoms with Gasteiger partial charge in [-0.05, 0) is 37.5 Å². The van der Waals surface area contributed by atoms with Crippen molar-refractivity contribution in [2.75, 3.05) is 31.4 Å². The lowest BCUT2D eigenvalue weighted by atomic mass is 9.95. The van der Waals surface area contributed by atoms with E-state index in [-0.39, 0.29) is 16.8 Å². The summed E-state index contributed by atoms with van der Waals surface area (Å²) >= 11 is 0. The second-order valence-corrected chi connectivity index (χ2v) is 7.98. The molecule has 0 bridgehead atoms. The third kappa shape index (κ3) is 3.50. The van der Waals surface area contributed by atoms with Gasteiger partial charge >= 0.3 is 0 Å². The molecule has 1 aromatic rings. The maximum Gasteiger partial charge on any atom is 0.177 e. The van der Waals surface area contributed by atoms with E-state index in [1.165, 1.54) is 19.2 Å². The van der Waals surface area contributed by atoms with Crippen LogP contribution < -0.4 is 4.90 Å². The zero-order chi connectivity index (χ0) is 16.5. The van der Waals surface area contributed by atoms with Gasteiger partial charge in [0.1, 0.15) is 0 Å². The largest absolute Gasteiger partial charge is 0.379 e. The van der Waals surface area contributed by atoms with E-state index >= 15 is 0 Å². The Morgan fingerprint density at radius 1 is 1.36 bits per heavy atom. The first-order valence-electron chi connectivity index (χ1n) is 7.37. The van der Waals surface area contributed by atoms with Crippen molar-refractivity contribution in [3.05, 3.63) is 23.8 Å². The number of ketones is 1. The van der Waals surface area contributed by atoms with Crippen molar-refractivity contribution in [2.45, 2.75) is 31.3 Å². The van der Waals surface area contributed by atoms with Crippen molar-refractivity contribution in [3.63, 3.8) is 0 Å². The Bertz CT molecular complexity index is 669. The van der Waals surface area contributed by atoms with Crippen LogP contribution in [0.5, 0.6) is 0 Å². The van der Waals surface area contributed by atoms with Crippen molar-refractivity contribution >= 4 is 21.3 Å². The molecule has 2 rings (SSSR count). The number of methoxy groups -OCH3 is 1. The zero-order valence-electron chi connectivity index (χ0n) is 13.5. The SMILES string of the molecule is COC1CN(c2cc(C(C)=O)ccc2S(C)(=O)=O)CCC1C. The topological polar surface area (TPSA) is 63.7 Å². The van der Waals surface area contributed by atoms with E-state index < -0.39 is 9.84 Å². The van der Waals surface area contributed by atoms with Crippen LogP contribution in [0.4, 0.5) is 5.69 Å². The highest BCUT2D eigenvalue weighted by Crippen LogP contribution is 2.31. The average molecular weight is 325 g/mol. The summed E-state index contributed by atoms with van der Waals surface area (Å²) in [6.45, 7) is 5.00. The fourth-order valence-corrected chi connectivity index (χ4v) is 3.74. The Kier molecular flexibility index (Phi) is 4.92. The summed E-state index contributed by atoms with van der Waals surface area (Å²) in [4.78, 5) is 13.9. The summed E-state index contributed by atoms with van der Waals surface area (Å²) in [5, 5.41) is 0. The molecule has 1 heterocycles. The molecule has 1 aromatic carbocycles. The van der Waals surface area contributed by atoms with Gasteiger partial charge in [-0.15, -0.1) is 0 Å². The van der Waals surface area contributed by atoms with Crippen molar-refractivity contribution < 1.29 is 17.9 Å². The summed E-state index contributed by atoms with van der Waals surface area (Å²) in [5.74, 6) is 0.355.